The first-order valence-electron chi connectivity index (χ1n) is 6.86. The summed E-state index contributed by atoms with van der Waals surface area (Å²) in [5.74, 6) is 1.28. The summed E-state index contributed by atoms with van der Waals surface area (Å²) >= 11 is 0. The van der Waals surface area contributed by atoms with E-state index < -0.39 is 0 Å². The first kappa shape index (κ1) is 12.8. The first-order chi connectivity index (χ1) is 8.27. The van der Waals surface area contributed by atoms with Crippen molar-refractivity contribution in [3.05, 3.63) is 0 Å². The van der Waals surface area contributed by atoms with Crippen molar-refractivity contribution >= 4 is 5.91 Å². The van der Waals surface area contributed by atoms with Gasteiger partial charge in [-0.25, -0.2) is 0 Å². The summed E-state index contributed by atoms with van der Waals surface area (Å²) in [7, 11) is 0. The Morgan fingerprint density at radius 2 is 2.35 bits per heavy atom. The minimum Gasteiger partial charge on any atom is -0.381 e. The lowest BCUT2D eigenvalue weighted by Gasteiger charge is -2.29. The van der Waals surface area contributed by atoms with Crippen LogP contribution < -0.4 is 10.6 Å². The maximum atomic E-state index is 12.0. The number of carbonyl (C=O) groups excluding carboxylic acids is 1. The van der Waals surface area contributed by atoms with Crippen LogP contribution >= 0.6 is 0 Å². The molecular weight excluding hydrogens is 216 g/mol. The van der Waals surface area contributed by atoms with Crippen LogP contribution in [-0.4, -0.2) is 38.3 Å². The van der Waals surface area contributed by atoms with Crippen LogP contribution in [0.15, 0.2) is 0 Å². The average Bonchev–Trinajstić information content (AvgIpc) is 2.82. The molecule has 3 atom stereocenters. The van der Waals surface area contributed by atoms with Crippen LogP contribution in [-0.2, 0) is 9.53 Å². The highest BCUT2D eigenvalue weighted by Crippen LogP contribution is 2.17. The number of carbonyl (C=O) groups is 1. The topological polar surface area (TPSA) is 50.4 Å². The lowest BCUT2D eigenvalue weighted by molar-refractivity contribution is -0.124. The van der Waals surface area contributed by atoms with E-state index in [2.05, 4.69) is 17.6 Å². The zero-order valence-electron chi connectivity index (χ0n) is 10.7. The number of nitrogens with one attached hydrogen (secondary N) is 2. The number of hydrogen-bond acceptors (Lipinski definition) is 3. The quantitative estimate of drug-likeness (QED) is 0.768. The highest BCUT2D eigenvalue weighted by Gasteiger charge is 2.27. The van der Waals surface area contributed by atoms with E-state index in [0.717, 1.165) is 45.6 Å². The predicted octanol–water partition coefficient (Wildman–Crippen LogP) is 0.917. The summed E-state index contributed by atoms with van der Waals surface area (Å²) in [6, 6.07) is 0.0172. The van der Waals surface area contributed by atoms with E-state index in [9.17, 15) is 4.79 Å². The van der Waals surface area contributed by atoms with Gasteiger partial charge in [-0.1, -0.05) is 6.92 Å². The molecular formula is C13H24N2O2. The van der Waals surface area contributed by atoms with Gasteiger partial charge in [-0.2, -0.15) is 0 Å². The normalized spacial score (nSPS) is 33.6. The van der Waals surface area contributed by atoms with E-state index >= 15 is 0 Å². The zero-order valence-corrected chi connectivity index (χ0v) is 10.7. The van der Waals surface area contributed by atoms with Gasteiger partial charge in [0, 0.05) is 19.8 Å². The third-order valence-electron chi connectivity index (χ3n) is 3.93. The maximum Gasteiger partial charge on any atom is 0.237 e. The molecule has 2 N–H and O–H groups in total. The number of rotatable bonds is 4. The fourth-order valence-corrected chi connectivity index (χ4v) is 2.72. The van der Waals surface area contributed by atoms with E-state index in [1.165, 1.54) is 6.42 Å². The molecule has 0 saturated carbocycles. The van der Waals surface area contributed by atoms with Crippen molar-refractivity contribution in [3.8, 4) is 0 Å². The van der Waals surface area contributed by atoms with Crippen LogP contribution in [0, 0.1) is 11.8 Å². The third-order valence-corrected chi connectivity index (χ3v) is 3.93. The summed E-state index contributed by atoms with van der Waals surface area (Å²) in [4.78, 5) is 12.0. The standard InChI is InChI=1S/C13H24N2O2/c1-10-3-2-6-14-12(10)13(16)15-7-4-11-5-8-17-9-11/h10-12,14H,2-9H2,1H3,(H,15,16). The minimum atomic E-state index is 0.0172. The lowest BCUT2D eigenvalue weighted by Crippen LogP contribution is -2.51. The summed E-state index contributed by atoms with van der Waals surface area (Å²) < 4.78 is 5.32. The van der Waals surface area contributed by atoms with Crippen LogP contribution in [0.25, 0.3) is 0 Å². The average molecular weight is 240 g/mol. The maximum absolute atomic E-state index is 12.0. The molecule has 2 aliphatic heterocycles. The van der Waals surface area contributed by atoms with E-state index in [1.54, 1.807) is 0 Å². The second-order valence-corrected chi connectivity index (χ2v) is 5.36. The molecule has 98 valence electrons. The Kier molecular flexibility index (Phi) is 4.80. The zero-order chi connectivity index (χ0) is 12.1. The van der Waals surface area contributed by atoms with E-state index in [0.29, 0.717) is 11.8 Å². The van der Waals surface area contributed by atoms with Gasteiger partial charge in [0.1, 0.15) is 0 Å². The molecule has 0 bridgehead atoms. The van der Waals surface area contributed by atoms with Crippen LogP contribution in [0.2, 0.25) is 0 Å². The van der Waals surface area contributed by atoms with Gasteiger partial charge in [0.2, 0.25) is 5.91 Å². The fourth-order valence-electron chi connectivity index (χ4n) is 2.72. The number of ether oxygens (including phenoxy) is 1. The highest BCUT2D eigenvalue weighted by molar-refractivity contribution is 5.82. The van der Waals surface area contributed by atoms with Crippen molar-refractivity contribution in [2.75, 3.05) is 26.3 Å². The van der Waals surface area contributed by atoms with Crippen LogP contribution in [0.5, 0.6) is 0 Å². The third kappa shape index (κ3) is 3.68. The SMILES string of the molecule is CC1CCCNC1C(=O)NCCC1CCOC1. The molecule has 17 heavy (non-hydrogen) atoms. The van der Waals surface area contributed by atoms with Gasteiger partial charge in [-0.15, -0.1) is 0 Å². The molecule has 0 aromatic rings. The molecule has 0 aromatic carbocycles. The molecule has 1 amide bonds. The molecule has 2 fully saturated rings. The highest BCUT2D eigenvalue weighted by atomic mass is 16.5. The summed E-state index contributed by atoms with van der Waals surface area (Å²) in [5, 5.41) is 6.36. The molecule has 4 nitrogen and oxygen atoms in total. The predicted molar refractivity (Wildman–Crippen MR) is 66.7 cm³/mol. The summed E-state index contributed by atoms with van der Waals surface area (Å²) in [5.41, 5.74) is 0. The Hall–Kier alpha value is -0.610. The van der Waals surface area contributed by atoms with Crippen LogP contribution in [0.3, 0.4) is 0 Å². The van der Waals surface area contributed by atoms with E-state index in [4.69, 9.17) is 4.74 Å². The van der Waals surface area contributed by atoms with Crippen molar-refractivity contribution in [1.82, 2.24) is 10.6 Å². The molecule has 0 radical (unpaired) electrons. The molecule has 0 spiro atoms. The Morgan fingerprint density at radius 3 is 3.06 bits per heavy atom. The molecule has 2 heterocycles. The molecule has 2 saturated heterocycles. The Bertz CT molecular complexity index is 252. The van der Waals surface area contributed by atoms with Gasteiger partial charge < -0.3 is 15.4 Å². The first-order valence-corrected chi connectivity index (χ1v) is 6.86. The second-order valence-electron chi connectivity index (χ2n) is 5.36. The van der Waals surface area contributed by atoms with Gasteiger partial charge in [0.15, 0.2) is 0 Å². The fraction of sp³-hybridized carbons (Fsp3) is 0.923. The summed E-state index contributed by atoms with van der Waals surface area (Å²) in [6.07, 6.45) is 4.53. The van der Waals surface area contributed by atoms with Crippen molar-refractivity contribution in [3.63, 3.8) is 0 Å². The molecule has 3 unspecified atom stereocenters. The Morgan fingerprint density at radius 1 is 1.47 bits per heavy atom. The Balaban J connectivity index is 1.65. The lowest BCUT2D eigenvalue weighted by atomic mass is 9.92. The van der Waals surface area contributed by atoms with E-state index in [1.807, 2.05) is 0 Å². The van der Waals surface area contributed by atoms with Gasteiger partial charge in [-0.3, -0.25) is 4.79 Å². The molecule has 4 heteroatoms. The van der Waals surface area contributed by atoms with Crippen molar-refractivity contribution in [2.45, 2.75) is 38.6 Å². The summed E-state index contributed by atoms with van der Waals surface area (Å²) in [6.45, 7) is 5.67. The van der Waals surface area contributed by atoms with Gasteiger partial charge >= 0.3 is 0 Å². The smallest absolute Gasteiger partial charge is 0.237 e. The number of amides is 1. The Labute approximate surface area is 103 Å². The largest absolute Gasteiger partial charge is 0.381 e. The molecule has 0 aliphatic carbocycles. The van der Waals surface area contributed by atoms with Crippen LogP contribution in [0.1, 0.15) is 32.6 Å². The van der Waals surface area contributed by atoms with Gasteiger partial charge in [0.05, 0.1) is 6.04 Å². The number of piperidine rings is 1. The molecule has 2 aliphatic rings. The van der Waals surface area contributed by atoms with Crippen molar-refractivity contribution < 1.29 is 9.53 Å². The molecule has 0 aromatic heterocycles. The van der Waals surface area contributed by atoms with E-state index in [-0.39, 0.29) is 11.9 Å². The number of hydrogen-bond donors (Lipinski definition) is 2. The second kappa shape index (κ2) is 6.36. The monoisotopic (exact) mass is 240 g/mol. The van der Waals surface area contributed by atoms with Crippen molar-refractivity contribution in [2.24, 2.45) is 11.8 Å². The molecule has 2 rings (SSSR count). The van der Waals surface area contributed by atoms with Gasteiger partial charge in [-0.05, 0) is 44.1 Å². The van der Waals surface area contributed by atoms with Gasteiger partial charge in [0.25, 0.3) is 0 Å². The van der Waals surface area contributed by atoms with Crippen LogP contribution in [0.4, 0.5) is 0 Å². The van der Waals surface area contributed by atoms with Crippen molar-refractivity contribution in [1.29, 1.82) is 0 Å². The minimum absolute atomic E-state index is 0.0172.